The van der Waals surface area contributed by atoms with Crippen molar-refractivity contribution in [3.05, 3.63) is 47.9 Å². The lowest BCUT2D eigenvalue weighted by Crippen LogP contribution is -2.41. The average molecular weight is 341 g/mol. The van der Waals surface area contributed by atoms with E-state index in [1.807, 2.05) is 36.1 Å². The van der Waals surface area contributed by atoms with E-state index in [1.165, 1.54) is 7.11 Å². The molecule has 25 heavy (non-hydrogen) atoms. The van der Waals surface area contributed by atoms with Crippen LogP contribution >= 0.6 is 0 Å². The van der Waals surface area contributed by atoms with Crippen LogP contribution in [-0.4, -0.2) is 47.6 Å². The molecule has 3 rings (SSSR count). The summed E-state index contributed by atoms with van der Waals surface area (Å²) >= 11 is 0. The van der Waals surface area contributed by atoms with Gasteiger partial charge in [0.25, 0.3) is 0 Å². The Kier molecular flexibility index (Phi) is 5.60. The molecule has 1 amide bonds. The maximum Gasteiger partial charge on any atom is 0.248 e. The lowest BCUT2D eigenvalue weighted by atomic mass is 9.94. The van der Waals surface area contributed by atoms with Crippen molar-refractivity contribution in [2.24, 2.45) is 0 Å². The molecule has 132 valence electrons. The maximum absolute atomic E-state index is 12.1. The van der Waals surface area contributed by atoms with E-state index in [0.29, 0.717) is 12.4 Å². The molecule has 1 aromatic heterocycles. The van der Waals surface area contributed by atoms with Crippen LogP contribution in [0.2, 0.25) is 0 Å². The van der Waals surface area contributed by atoms with Gasteiger partial charge in [0.15, 0.2) is 0 Å². The summed E-state index contributed by atoms with van der Waals surface area (Å²) in [7, 11) is 1.54. The van der Waals surface area contributed by atoms with Gasteiger partial charge in [-0.3, -0.25) is 9.78 Å². The number of ether oxygens (including phenoxy) is 2. The van der Waals surface area contributed by atoms with E-state index in [-0.39, 0.29) is 18.4 Å². The minimum Gasteiger partial charge on any atom is -0.437 e. The van der Waals surface area contributed by atoms with Crippen LogP contribution in [0.1, 0.15) is 30.0 Å². The van der Waals surface area contributed by atoms with Crippen molar-refractivity contribution in [1.82, 2.24) is 14.9 Å². The quantitative estimate of drug-likeness (QED) is 0.837. The normalized spacial score (nSPS) is 17.4. The van der Waals surface area contributed by atoms with E-state index < -0.39 is 0 Å². The SMILES string of the molecule is COCC(=O)N1CCC[C@H](c2nccnc2Oc2cccc(C)c2)C1. The zero-order chi connectivity index (χ0) is 17.6. The second kappa shape index (κ2) is 8.07. The number of nitrogens with zero attached hydrogens (tertiary/aromatic N) is 3. The molecule has 1 aromatic carbocycles. The standard InChI is InChI=1S/C19H23N3O3/c1-14-5-3-7-16(11-14)25-19-18(20-8-9-21-19)15-6-4-10-22(12-15)17(23)13-24-2/h3,5,7-9,11,15H,4,6,10,12-13H2,1-2H3/t15-/m0/s1. The van der Waals surface area contributed by atoms with Crippen LogP contribution in [0.15, 0.2) is 36.7 Å². The Bertz CT molecular complexity index is 735. The molecule has 2 aromatic rings. The molecule has 1 saturated heterocycles. The number of methoxy groups -OCH3 is 1. The van der Waals surface area contributed by atoms with Crippen LogP contribution in [0.3, 0.4) is 0 Å². The fourth-order valence-corrected chi connectivity index (χ4v) is 3.13. The molecule has 0 saturated carbocycles. The molecule has 0 spiro atoms. The van der Waals surface area contributed by atoms with Crippen molar-refractivity contribution in [1.29, 1.82) is 0 Å². The first-order chi connectivity index (χ1) is 12.2. The highest BCUT2D eigenvalue weighted by atomic mass is 16.5. The zero-order valence-corrected chi connectivity index (χ0v) is 14.6. The fourth-order valence-electron chi connectivity index (χ4n) is 3.13. The Labute approximate surface area is 147 Å². The highest BCUT2D eigenvalue weighted by Crippen LogP contribution is 2.32. The van der Waals surface area contributed by atoms with E-state index >= 15 is 0 Å². The number of hydrogen-bond donors (Lipinski definition) is 0. The monoisotopic (exact) mass is 341 g/mol. The van der Waals surface area contributed by atoms with Crippen LogP contribution in [0.4, 0.5) is 0 Å². The van der Waals surface area contributed by atoms with Gasteiger partial charge in [0.1, 0.15) is 18.1 Å². The van der Waals surface area contributed by atoms with Crippen molar-refractivity contribution in [2.45, 2.75) is 25.7 Å². The van der Waals surface area contributed by atoms with Gasteiger partial charge in [-0.25, -0.2) is 4.98 Å². The molecule has 1 aliphatic heterocycles. The minimum atomic E-state index is 0.0113. The summed E-state index contributed by atoms with van der Waals surface area (Å²) in [5.41, 5.74) is 1.93. The van der Waals surface area contributed by atoms with Crippen LogP contribution < -0.4 is 4.74 Å². The van der Waals surface area contributed by atoms with Gasteiger partial charge in [0.2, 0.25) is 11.8 Å². The van der Waals surface area contributed by atoms with Crippen LogP contribution in [0.25, 0.3) is 0 Å². The van der Waals surface area contributed by atoms with E-state index in [1.54, 1.807) is 12.4 Å². The van der Waals surface area contributed by atoms with Gasteiger partial charge in [-0.1, -0.05) is 12.1 Å². The smallest absolute Gasteiger partial charge is 0.248 e. The Morgan fingerprint density at radius 3 is 2.96 bits per heavy atom. The highest BCUT2D eigenvalue weighted by Gasteiger charge is 2.28. The van der Waals surface area contributed by atoms with Gasteiger partial charge in [-0.2, -0.15) is 0 Å². The molecule has 6 heteroatoms. The van der Waals surface area contributed by atoms with Crippen molar-refractivity contribution < 1.29 is 14.3 Å². The lowest BCUT2D eigenvalue weighted by molar-refractivity contribution is -0.136. The third kappa shape index (κ3) is 4.33. The van der Waals surface area contributed by atoms with E-state index in [9.17, 15) is 4.79 Å². The van der Waals surface area contributed by atoms with Crippen LogP contribution in [-0.2, 0) is 9.53 Å². The third-order valence-corrected chi connectivity index (χ3v) is 4.32. The molecule has 1 aliphatic rings. The minimum absolute atomic E-state index is 0.0113. The first-order valence-corrected chi connectivity index (χ1v) is 8.49. The summed E-state index contributed by atoms with van der Waals surface area (Å²) in [5.74, 6) is 1.38. The number of aryl methyl sites for hydroxylation is 1. The second-order valence-corrected chi connectivity index (χ2v) is 6.28. The fraction of sp³-hybridized carbons (Fsp3) is 0.421. The number of carbonyl (C=O) groups excluding carboxylic acids is 1. The number of aromatic nitrogens is 2. The molecular formula is C19H23N3O3. The van der Waals surface area contributed by atoms with Gasteiger partial charge < -0.3 is 14.4 Å². The van der Waals surface area contributed by atoms with Crippen LogP contribution in [0.5, 0.6) is 11.6 Å². The largest absolute Gasteiger partial charge is 0.437 e. The summed E-state index contributed by atoms with van der Waals surface area (Å²) < 4.78 is 11.0. The molecule has 0 unspecified atom stereocenters. The molecular weight excluding hydrogens is 318 g/mol. The molecule has 6 nitrogen and oxygen atoms in total. The predicted molar refractivity (Wildman–Crippen MR) is 93.7 cm³/mol. The summed E-state index contributed by atoms with van der Waals surface area (Å²) in [6.07, 6.45) is 5.19. The highest BCUT2D eigenvalue weighted by molar-refractivity contribution is 5.77. The average Bonchev–Trinajstić information content (AvgIpc) is 2.62. The lowest BCUT2D eigenvalue weighted by Gasteiger charge is -2.32. The topological polar surface area (TPSA) is 64.5 Å². The first kappa shape index (κ1) is 17.4. The summed E-state index contributed by atoms with van der Waals surface area (Å²) in [6.45, 7) is 3.50. The Morgan fingerprint density at radius 2 is 2.16 bits per heavy atom. The molecule has 0 radical (unpaired) electrons. The Morgan fingerprint density at radius 1 is 1.32 bits per heavy atom. The number of piperidine rings is 1. The number of benzene rings is 1. The maximum atomic E-state index is 12.1. The van der Waals surface area contributed by atoms with Crippen LogP contribution in [0, 0.1) is 6.92 Å². The number of hydrogen-bond acceptors (Lipinski definition) is 5. The molecule has 1 fully saturated rings. The van der Waals surface area contributed by atoms with E-state index in [0.717, 1.165) is 36.4 Å². The van der Waals surface area contributed by atoms with Crippen molar-refractivity contribution in [2.75, 3.05) is 26.8 Å². The molecule has 0 bridgehead atoms. The molecule has 0 aliphatic carbocycles. The zero-order valence-electron chi connectivity index (χ0n) is 14.6. The number of rotatable bonds is 5. The van der Waals surface area contributed by atoms with Crippen molar-refractivity contribution >= 4 is 5.91 Å². The van der Waals surface area contributed by atoms with Gasteiger partial charge in [-0.15, -0.1) is 0 Å². The predicted octanol–water partition coefficient (Wildman–Crippen LogP) is 2.93. The Hall–Kier alpha value is -2.47. The number of likely N-dealkylation sites (tertiary alicyclic amines) is 1. The van der Waals surface area contributed by atoms with E-state index in [4.69, 9.17) is 9.47 Å². The molecule has 1 atom stereocenters. The third-order valence-electron chi connectivity index (χ3n) is 4.32. The molecule has 2 heterocycles. The first-order valence-electron chi connectivity index (χ1n) is 8.49. The summed E-state index contributed by atoms with van der Waals surface area (Å²) in [5, 5.41) is 0. The Balaban J connectivity index is 1.79. The summed E-state index contributed by atoms with van der Waals surface area (Å²) in [6, 6.07) is 7.84. The van der Waals surface area contributed by atoms with Gasteiger partial charge in [-0.05, 0) is 37.5 Å². The second-order valence-electron chi connectivity index (χ2n) is 6.28. The number of carbonyl (C=O) groups is 1. The van der Waals surface area contributed by atoms with Gasteiger partial charge >= 0.3 is 0 Å². The van der Waals surface area contributed by atoms with Crippen molar-refractivity contribution in [3.63, 3.8) is 0 Å². The molecule has 0 N–H and O–H groups in total. The van der Waals surface area contributed by atoms with E-state index in [2.05, 4.69) is 9.97 Å². The number of amides is 1. The van der Waals surface area contributed by atoms with Gasteiger partial charge in [0, 0.05) is 38.5 Å². The summed E-state index contributed by atoms with van der Waals surface area (Å²) in [4.78, 5) is 22.8. The van der Waals surface area contributed by atoms with Gasteiger partial charge in [0.05, 0.1) is 0 Å². The van der Waals surface area contributed by atoms with Crippen molar-refractivity contribution in [3.8, 4) is 11.6 Å².